The fourth-order valence-electron chi connectivity index (χ4n) is 2.58. The molecule has 0 spiro atoms. The first-order valence-corrected chi connectivity index (χ1v) is 8.67. The smallest absolute Gasteiger partial charge is 0.123 e. The summed E-state index contributed by atoms with van der Waals surface area (Å²) in [7, 11) is 0. The molecule has 1 aromatic carbocycles. The molecule has 1 nitrogen and oxygen atoms in total. The number of hydrogen-bond donors (Lipinski definition) is 1. The Bertz CT molecular complexity index is 621. The van der Waals surface area contributed by atoms with Gasteiger partial charge in [0.05, 0.1) is 0 Å². The van der Waals surface area contributed by atoms with Gasteiger partial charge in [0.1, 0.15) is 5.82 Å². The molecule has 4 heteroatoms. The third-order valence-electron chi connectivity index (χ3n) is 3.83. The molecule has 1 heterocycles. The maximum atomic E-state index is 13.4. The van der Waals surface area contributed by atoms with Crippen LogP contribution in [0.15, 0.2) is 30.3 Å². The lowest BCUT2D eigenvalue weighted by Gasteiger charge is -2.16. The molecule has 1 aliphatic carbocycles. The highest BCUT2D eigenvalue weighted by atomic mass is 35.5. The minimum absolute atomic E-state index is 0.243. The Kier molecular flexibility index (Phi) is 4.63. The predicted molar refractivity (Wildman–Crippen MR) is 88.5 cm³/mol. The number of thiophene rings is 1. The molecule has 1 atom stereocenters. The van der Waals surface area contributed by atoms with Crippen LogP contribution in [0.2, 0.25) is 5.02 Å². The molecule has 1 saturated carbocycles. The van der Waals surface area contributed by atoms with Crippen molar-refractivity contribution in [2.24, 2.45) is 5.92 Å². The molecule has 1 fully saturated rings. The van der Waals surface area contributed by atoms with E-state index >= 15 is 0 Å². The van der Waals surface area contributed by atoms with Crippen molar-refractivity contribution in [2.45, 2.75) is 32.2 Å². The number of nitrogens with one attached hydrogen (secondary N) is 1. The van der Waals surface area contributed by atoms with Crippen LogP contribution in [-0.4, -0.2) is 6.54 Å². The molecule has 1 aliphatic rings. The maximum Gasteiger partial charge on any atom is 0.123 e. The van der Waals surface area contributed by atoms with Crippen molar-refractivity contribution in [1.29, 1.82) is 0 Å². The summed E-state index contributed by atoms with van der Waals surface area (Å²) in [5.74, 6) is 0.512. The normalized spacial score (nSPS) is 16.1. The Morgan fingerprint density at radius 3 is 2.86 bits per heavy atom. The first-order chi connectivity index (χ1) is 10.2. The van der Waals surface area contributed by atoms with Gasteiger partial charge in [-0.25, -0.2) is 4.39 Å². The van der Waals surface area contributed by atoms with Gasteiger partial charge in [0.2, 0.25) is 0 Å². The standard InChI is InChI=1S/C17H19ClFNS/c1-2-9-20-17(11-3-4-11)16-8-7-15(21-16)13-10-12(19)5-6-14(13)18/h5-8,10-11,17,20H,2-4,9H2,1H3. The monoisotopic (exact) mass is 323 g/mol. The SMILES string of the molecule is CCCNC(c1ccc(-c2cc(F)ccc2Cl)s1)C1CC1. The minimum atomic E-state index is -0.243. The van der Waals surface area contributed by atoms with Gasteiger partial charge in [0.25, 0.3) is 0 Å². The zero-order chi connectivity index (χ0) is 14.8. The van der Waals surface area contributed by atoms with E-state index in [1.54, 1.807) is 17.4 Å². The van der Waals surface area contributed by atoms with Crippen LogP contribution in [0, 0.1) is 11.7 Å². The van der Waals surface area contributed by atoms with E-state index in [0.29, 0.717) is 11.1 Å². The molecular formula is C17H19ClFNS. The summed E-state index contributed by atoms with van der Waals surface area (Å²) < 4.78 is 13.4. The summed E-state index contributed by atoms with van der Waals surface area (Å²) in [5.41, 5.74) is 0.790. The Hall–Kier alpha value is -0.900. The molecule has 0 radical (unpaired) electrons. The first kappa shape index (κ1) is 15.0. The topological polar surface area (TPSA) is 12.0 Å². The van der Waals surface area contributed by atoms with E-state index in [9.17, 15) is 4.39 Å². The number of benzene rings is 1. The summed E-state index contributed by atoms with van der Waals surface area (Å²) in [6.45, 7) is 3.22. The van der Waals surface area contributed by atoms with Gasteiger partial charge < -0.3 is 5.32 Å². The van der Waals surface area contributed by atoms with Crippen LogP contribution >= 0.6 is 22.9 Å². The van der Waals surface area contributed by atoms with Gasteiger partial charge in [-0.3, -0.25) is 0 Å². The summed E-state index contributed by atoms with van der Waals surface area (Å²) in [6, 6.07) is 9.20. The summed E-state index contributed by atoms with van der Waals surface area (Å²) in [5, 5.41) is 4.25. The first-order valence-electron chi connectivity index (χ1n) is 7.47. The number of rotatable bonds is 6. The predicted octanol–water partition coefficient (Wildman–Crippen LogP) is 5.66. The molecule has 1 unspecified atom stereocenters. The van der Waals surface area contributed by atoms with E-state index in [2.05, 4.69) is 24.4 Å². The van der Waals surface area contributed by atoms with Crippen molar-refractivity contribution in [3.63, 3.8) is 0 Å². The minimum Gasteiger partial charge on any atom is -0.309 e. The van der Waals surface area contributed by atoms with Crippen molar-refractivity contribution >= 4 is 22.9 Å². The molecular weight excluding hydrogens is 305 g/mol. The average Bonchev–Trinajstić information content (AvgIpc) is 3.19. The molecule has 3 rings (SSSR count). The quantitative estimate of drug-likeness (QED) is 0.723. The second-order valence-corrected chi connectivity index (χ2v) is 7.12. The van der Waals surface area contributed by atoms with Crippen LogP contribution < -0.4 is 5.32 Å². The molecule has 21 heavy (non-hydrogen) atoms. The summed E-state index contributed by atoms with van der Waals surface area (Å²) in [4.78, 5) is 2.37. The maximum absolute atomic E-state index is 13.4. The van der Waals surface area contributed by atoms with E-state index in [4.69, 9.17) is 11.6 Å². The summed E-state index contributed by atoms with van der Waals surface area (Å²) in [6.07, 6.45) is 3.74. The lowest BCUT2D eigenvalue weighted by atomic mass is 10.1. The third-order valence-corrected chi connectivity index (χ3v) is 5.37. The van der Waals surface area contributed by atoms with Crippen LogP contribution in [-0.2, 0) is 0 Å². The van der Waals surface area contributed by atoms with Gasteiger partial charge in [-0.1, -0.05) is 18.5 Å². The van der Waals surface area contributed by atoms with Crippen molar-refractivity contribution in [1.82, 2.24) is 5.32 Å². The molecule has 0 aliphatic heterocycles. The second kappa shape index (κ2) is 6.47. The van der Waals surface area contributed by atoms with E-state index < -0.39 is 0 Å². The highest BCUT2D eigenvalue weighted by Gasteiger charge is 2.32. The number of hydrogen-bond acceptors (Lipinski definition) is 2. The van der Waals surface area contributed by atoms with E-state index in [-0.39, 0.29) is 5.82 Å². The van der Waals surface area contributed by atoms with Crippen molar-refractivity contribution in [3.8, 4) is 10.4 Å². The second-order valence-electron chi connectivity index (χ2n) is 5.60. The van der Waals surface area contributed by atoms with Gasteiger partial charge in [0, 0.05) is 26.4 Å². The van der Waals surface area contributed by atoms with Crippen LogP contribution in [0.4, 0.5) is 4.39 Å². The Morgan fingerprint density at radius 2 is 2.14 bits per heavy atom. The van der Waals surface area contributed by atoms with Crippen LogP contribution in [0.25, 0.3) is 10.4 Å². The lowest BCUT2D eigenvalue weighted by Crippen LogP contribution is -2.22. The third kappa shape index (κ3) is 3.47. The largest absolute Gasteiger partial charge is 0.309 e. The molecule has 0 amide bonds. The fraction of sp³-hybridized carbons (Fsp3) is 0.412. The molecule has 1 aromatic heterocycles. The molecule has 0 saturated heterocycles. The number of halogens is 2. The van der Waals surface area contributed by atoms with Gasteiger partial charge >= 0.3 is 0 Å². The average molecular weight is 324 g/mol. The van der Waals surface area contributed by atoms with Crippen LogP contribution in [0.5, 0.6) is 0 Å². The Morgan fingerprint density at radius 1 is 1.33 bits per heavy atom. The van der Waals surface area contributed by atoms with E-state index in [0.717, 1.165) is 29.3 Å². The lowest BCUT2D eigenvalue weighted by molar-refractivity contribution is 0.488. The molecule has 1 N–H and O–H groups in total. The fourth-order valence-corrected chi connectivity index (χ4v) is 4.06. The zero-order valence-corrected chi connectivity index (χ0v) is 13.6. The highest BCUT2D eigenvalue weighted by molar-refractivity contribution is 7.15. The highest BCUT2D eigenvalue weighted by Crippen LogP contribution is 2.45. The van der Waals surface area contributed by atoms with Gasteiger partial charge in [-0.15, -0.1) is 11.3 Å². The molecule has 112 valence electrons. The van der Waals surface area contributed by atoms with Crippen LogP contribution in [0.3, 0.4) is 0 Å². The molecule has 0 bridgehead atoms. The molecule has 2 aromatic rings. The Labute approximate surface area is 134 Å². The van der Waals surface area contributed by atoms with Gasteiger partial charge in [0.15, 0.2) is 0 Å². The van der Waals surface area contributed by atoms with Crippen molar-refractivity contribution in [2.75, 3.05) is 6.54 Å². The van der Waals surface area contributed by atoms with Crippen molar-refractivity contribution < 1.29 is 4.39 Å². The van der Waals surface area contributed by atoms with E-state index in [1.165, 1.54) is 29.9 Å². The summed E-state index contributed by atoms with van der Waals surface area (Å²) >= 11 is 7.92. The van der Waals surface area contributed by atoms with Crippen LogP contribution in [0.1, 0.15) is 37.1 Å². The zero-order valence-electron chi connectivity index (χ0n) is 12.0. The van der Waals surface area contributed by atoms with Gasteiger partial charge in [-0.05, 0) is 62.1 Å². The van der Waals surface area contributed by atoms with E-state index in [1.807, 2.05) is 0 Å². The Balaban J connectivity index is 1.86. The van der Waals surface area contributed by atoms with Gasteiger partial charge in [-0.2, -0.15) is 0 Å². The van der Waals surface area contributed by atoms with Crippen molar-refractivity contribution in [3.05, 3.63) is 46.0 Å².